The summed E-state index contributed by atoms with van der Waals surface area (Å²) < 4.78 is 6.48. The number of hydrogen-bond acceptors (Lipinski definition) is 2. The van der Waals surface area contributed by atoms with Gasteiger partial charge in [0, 0.05) is 17.0 Å². The molecular formula is C13H17BrO2. The molecule has 1 fully saturated rings. The van der Waals surface area contributed by atoms with Crippen molar-refractivity contribution in [2.75, 3.05) is 13.2 Å². The van der Waals surface area contributed by atoms with E-state index in [4.69, 9.17) is 4.74 Å². The van der Waals surface area contributed by atoms with Crippen LogP contribution in [0.5, 0.6) is 0 Å². The minimum absolute atomic E-state index is 0.197. The molecule has 2 nitrogen and oxygen atoms in total. The van der Waals surface area contributed by atoms with E-state index in [0.29, 0.717) is 6.61 Å². The summed E-state index contributed by atoms with van der Waals surface area (Å²) in [6.45, 7) is 3.37. The zero-order valence-electron chi connectivity index (χ0n) is 9.45. The maximum Gasteiger partial charge on any atom is 0.0918 e. The Labute approximate surface area is 105 Å². The van der Waals surface area contributed by atoms with Gasteiger partial charge < -0.3 is 9.84 Å². The fourth-order valence-corrected chi connectivity index (χ4v) is 2.47. The summed E-state index contributed by atoms with van der Waals surface area (Å²) >= 11 is 3.40. The molecule has 1 N–H and O–H groups in total. The molecule has 1 heterocycles. The highest BCUT2D eigenvalue weighted by atomic mass is 79.9. The van der Waals surface area contributed by atoms with Gasteiger partial charge in [-0.2, -0.15) is 0 Å². The van der Waals surface area contributed by atoms with E-state index in [0.717, 1.165) is 29.5 Å². The average molecular weight is 285 g/mol. The van der Waals surface area contributed by atoms with E-state index in [-0.39, 0.29) is 5.92 Å². The van der Waals surface area contributed by atoms with E-state index in [1.165, 1.54) is 0 Å². The van der Waals surface area contributed by atoms with Gasteiger partial charge in [-0.3, -0.25) is 0 Å². The smallest absolute Gasteiger partial charge is 0.0918 e. The second-order valence-corrected chi connectivity index (χ2v) is 5.48. The number of ether oxygens (including phenoxy) is 1. The van der Waals surface area contributed by atoms with E-state index in [2.05, 4.69) is 15.9 Å². The Balaban J connectivity index is 2.19. The van der Waals surface area contributed by atoms with Gasteiger partial charge in [0.25, 0.3) is 0 Å². The van der Waals surface area contributed by atoms with Gasteiger partial charge in [0.05, 0.1) is 12.2 Å². The molecule has 3 heteroatoms. The molecule has 2 atom stereocenters. The molecule has 0 aromatic heterocycles. The molecule has 16 heavy (non-hydrogen) atoms. The number of halogens is 1. The van der Waals surface area contributed by atoms with Crippen LogP contribution in [0.25, 0.3) is 0 Å². The predicted octanol–water partition coefficient (Wildman–Crippen LogP) is 3.08. The van der Waals surface area contributed by atoms with Crippen LogP contribution in [0.1, 0.15) is 25.3 Å². The summed E-state index contributed by atoms with van der Waals surface area (Å²) in [5.74, 6) is 0.197. The third kappa shape index (κ3) is 2.47. The first-order valence-corrected chi connectivity index (χ1v) is 6.46. The van der Waals surface area contributed by atoms with Gasteiger partial charge in [0.1, 0.15) is 0 Å². The predicted molar refractivity (Wildman–Crippen MR) is 67.3 cm³/mol. The molecule has 0 bridgehead atoms. The SMILES string of the molecule is CC(O)(c1ccc(Br)cc1)C1CCCOC1. The van der Waals surface area contributed by atoms with Crippen molar-refractivity contribution in [1.29, 1.82) is 0 Å². The van der Waals surface area contributed by atoms with Crippen LogP contribution >= 0.6 is 15.9 Å². The molecule has 2 rings (SSSR count). The van der Waals surface area contributed by atoms with Crippen molar-refractivity contribution in [1.82, 2.24) is 0 Å². The molecule has 2 unspecified atom stereocenters. The van der Waals surface area contributed by atoms with E-state index in [1.54, 1.807) is 0 Å². The maximum absolute atomic E-state index is 10.6. The second-order valence-electron chi connectivity index (χ2n) is 4.57. The lowest BCUT2D eigenvalue weighted by atomic mass is 9.80. The van der Waals surface area contributed by atoms with E-state index in [9.17, 15) is 5.11 Å². The molecule has 1 aliphatic rings. The fraction of sp³-hybridized carbons (Fsp3) is 0.538. The third-order valence-corrected chi connectivity index (χ3v) is 3.91. The first kappa shape index (κ1) is 12.1. The summed E-state index contributed by atoms with van der Waals surface area (Å²) in [5, 5.41) is 10.6. The molecule has 0 amide bonds. The summed E-state index contributed by atoms with van der Waals surface area (Å²) in [7, 11) is 0. The van der Waals surface area contributed by atoms with Crippen molar-refractivity contribution in [2.45, 2.75) is 25.4 Å². The molecular weight excluding hydrogens is 268 g/mol. The van der Waals surface area contributed by atoms with Gasteiger partial charge in [0.2, 0.25) is 0 Å². The van der Waals surface area contributed by atoms with Crippen LogP contribution in [-0.4, -0.2) is 18.3 Å². The molecule has 1 aliphatic heterocycles. The number of hydrogen-bond donors (Lipinski definition) is 1. The summed E-state index contributed by atoms with van der Waals surface area (Å²) in [6.07, 6.45) is 2.07. The van der Waals surface area contributed by atoms with Crippen LogP contribution in [0.3, 0.4) is 0 Å². The normalized spacial score (nSPS) is 25.1. The number of benzene rings is 1. The van der Waals surface area contributed by atoms with Crippen LogP contribution < -0.4 is 0 Å². The van der Waals surface area contributed by atoms with E-state index >= 15 is 0 Å². The second kappa shape index (κ2) is 4.86. The lowest BCUT2D eigenvalue weighted by Gasteiger charge is -2.35. The van der Waals surface area contributed by atoms with Gasteiger partial charge in [-0.25, -0.2) is 0 Å². The Morgan fingerprint density at radius 3 is 2.62 bits per heavy atom. The van der Waals surface area contributed by atoms with Crippen molar-refractivity contribution in [3.63, 3.8) is 0 Å². The lowest BCUT2D eigenvalue weighted by Crippen LogP contribution is -2.37. The van der Waals surface area contributed by atoms with Crippen LogP contribution in [0.15, 0.2) is 28.7 Å². The topological polar surface area (TPSA) is 29.5 Å². The molecule has 0 radical (unpaired) electrons. The van der Waals surface area contributed by atoms with E-state index in [1.807, 2.05) is 31.2 Å². The molecule has 1 aromatic carbocycles. The minimum Gasteiger partial charge on any atom is -0.385 e. The van der Waals surface area contributed by atoms with Crippen LogP contribution in [0.2, 0.25) is 0 Å². The van der Waals surface area contributed by atoms with Crippen molar-refractivity contribution < 1.29 is 9.84 Å². The Morgan fingerprint density at radius 2 is 2.06 bits per heavy atom. The van der Waals surface area contributed by atoms with Crippen LogP contribution in [-0.2, 0) is 10.3 Å². The van der Waals surface area contributed by atoms with E-state index < -0.39 is 5.60 Å². The molecule has 1 saturated heterocycles. The zero-order valence-corrected chi connectivity index (χ0v) is 11.0. The maximum atomic E-state index is 10.6. The highest BCUT2D eigenvalue weighted by Crippen LogP contribution is 2.34. The monoisotopic (exact) mass is 284 g/mol. The summed E-state index contributed by atoms with van der Waals surface area (Å²) in [5.41, 5.74) is 0.174. The highest BCUT2D eigenvalue weighted by Gasteiger charge is 2.34. The average Bonchev–Trinajstić information content (AvgIpc) is 2.31. The van der Waals surface area contributed by atoms with Crippen LogP contribution in [0, 0.1) is 5.92 Å². The Hall–Kier alpha value is -0.380. The van der Waals surface area contributed by atoms with Gasteiger partial charge >= 0.3 is 0 Å². The number of aliphatic hydroxyl groups is 1. The van der Waals surface area contributed by atoms with Gasteiger partial charge in [-0.1, -0.05) is 28.1 Å². The Morgan fingerprint density at radius 1 is 1.38 bits per heavy atom. The first-order chi connectivity index (χ1) is 7.60. The Bertz CT molecular complexity index is 339. The minimum atomic E-state index is -0.791. The molecule has 0 saturated carbocycles. The molecule has 0 aliphatic carbocycles. The summed E-state index contributed by atoms with van der Waals surface area (Å²) in [4.78, 5) is 0. The van der Waals surface area contributed by atoms with Gasteiger partial charge in [-0.15, -0.1) is 0 Å². The van der Waals surface area contributed by atoms with Gasteiger partial charge in [-0.05, 0) is 37.5 Å². The fourth-order valence-electron chi connectivity index (χ4n) is 2.21. The van der Waals surface area contributed by atoms with Crippen LogP contribution in [0.4, 0.5) is 0 Å². The quantitative estimate of drug-likeness (QED) is 0.904. The Kier molecular flexibility index (Phi) is 3.67. The summed E-state index contributed by atoms with van der Waals surface area (Å²) in [6, 6.07) is 7.87. The van der Waals surface area contributed by atoms with Crippen molar-refractivity contribution >= 4 is 15.9 Å². The lowest BCUT2D eigenvalue weighted by molar-refractivity contribution is -0.0723. The standard InChI is InChI=1S/C13H17BrO2/c1-13(15,11-3-2-8-16-9-11)10-4-6-12(14)7-5-10/h4-7,11,15H,2-3,8-9H2,1H3. The molecule has 1 aromatic rings. The van der Waals surface area contributed by atoms with Crippen molar-refractivity contribution in [3.05, 3.63) is 34.3 Å². The highest BCUT2D eigenvalue weighted by molar-refractivity contribution is 9.10. The third-order valence-electron chi connectivity index (χ3n) is 3.38. The largest absolute Gasteiger partial charge is 0.385 e. The first-order valence-electron chi connectivity index (χ1n) is 5.67. The zero-order chi connectivity index (χ0) is 11.6. The number of rotatable bonds is 2. The van der Waals surface area contributed by atoms with Crippen molar-refractivity contribution in [2.24, 2.45) is 5.92 Å². The van der Waals surface area contributed by atoms with Gasteiger partial charge in [0.15, 0.2) is 0 Å². The molecule has 88 valence electrons. The van der Waals surface area contributed by atoms with Crippen molar-refractivity contribution in [3.8, 4) is 0 Å². The molecule has 0 spiro atoms.